The van der Waals surface area contributed by atoms with E-state index in [1.807, 2.05) is 6.92 Å². The van der Waals surface area contributed by atoms with Gasteiger partial charge in [0.15, 0.2) is 0 Å². The summed E-state index contributed by atoms with van der Waals surface area (Å²) in [6, 6.07) is 0. The largest absolute Gasteiger partial charge is 0.298 e. The predicted octanol–water partition coefficient (Wildman–Crippen LogP) is 1.28. The Morgan fingerprint density at radius 1 is 1.86 bits per heavy atom. The third kappa shape index (κ3) is 2.68. The molecule has 0 bridgehead atoms. The first-order valence-corrected chi connectivity index (χ1v) is 2.91. The maximum atomic E-state index is 10.4. The number of hydrogen-bond acceptors (Lipinski definition) is 2. The lowest BCUT2D eigenvalue weighted by atomic mass is 10.2. The van der Waals surface area contributed by atoms with E-state index in [0.717, 1.165) is 0 Å². The van der Waals surface area contributed by atoms with Gasteiger partial charge in [0.1, 0.15) is 5.78 Å². The SMILES string of the molecule is CCC(=O)[C@H](C)S. The number of ketones is 1. The van der Waals surface area contributed by atoms with E-state index in [1.54, 1.807) is 6.92 Å². The third-order valence-electron chi connectivity index (χ3n) is 0.814. The Hall–Kier alpha value is 0.0200. The number of thiol groups is 1. The molecule has 2 heteroatoms. The van der Waals surface area contributed by atoms with Crippen LogP contribution in [0.4, 0.5) is 0 Å². The molecule has 0 saturated heterocycles. The highest BCUT2D eigenvalue weighted by atomic mass is 32.1. The average Bonchev–Trinajstić information content (AvgIpc) is 1.65. The molecule has 7 heavy (non-hydrogen) atoms. The summed E-state index contributed by atoms with van der Waals surface area (Å²) in [5.41, 5.74) is 0. The molecule has 1 nitrogen and oxygen atoms in total. The molecule has 0 amide bonds. The summed E-state index contributed by atoms with van der Waals surface area (Å²) in [6.07, 6.45) is 0.602. The molecule has 0 radical (unpaired) electrons. The van der Waals surface area contributed by atoms with Gasteiger partial charge in [0.25, 0.3) is 0 Å². The fourth-order valence-electron chi connectivity index (χ4n) is 0.295. The van der Waals surface area contributed by atoms with Crippen LogP contribution in [0.3, 0.4) is 0 Å². The molecule has 0 fully saturated rings. The Morgan fingerprint density at radius 3 is 2.29 bits per heavy atom. The van der Waals surface area contributed by atoms with Crippen LogP contribution in [0.2, 0.25) is 0 Å². The molecule has 42 valence electrons. The van der Waals surface area contributed by atoms with Crippen LogP contribution in [0.5, 0.6) is 0 Å². The normalized spacial score (nSPS) is 13.6. The van der Waals surface area contributed by atoms with Crippen LogP contribution in [0, 0.1) is 0 Å². The summed E-state index contributed by atoms with van der Waals surface area (Å²) >= 11 is 3.92. The lowest BCUT2D eigenvalue weighted by molar-refractivity contribution is -0.117. The second kappa shape index (κ2) is 3.08. The highest BCUT2D eigenvalue weighted by molar-refractivity contribution is 7.81. The zero-order valence-electron chi connectivity index (χ0n) is 4.64. The van der Waals surface area contributed by atoms with Gasteiger partial charge >= 0.3 is 0 Å². The molecule has 1 atom stereocenters. The fourth-order valence-corrected chi connectivity index (χ4v) is 0.478. The maximum Gasteiger partial charge on any atom is 0.144 e. The summed E-state index contributed by atoms with van der Waals surface area (Å²) in [5, 5.41) is -0.0787. The molecule has 0 rings (SSSR count). The average molecular weight is 118 g/mol. The van der Waals surface area contributed by atoms with Gasteiger partial charge in [0.2, 0.25) is 0 Å². The predicted molar refractivity (Wildman–Crippen MR) is 33.7 cm³/mol. The second-order valence-electron chi connectivity index (χ2n) is 1.50. The zero-order valence-corrected chi connectivity index (χ0v) is 5.53. The Kier molecular flexibility index (Phi) is 3.09. The molecule has 0 heterocycles. The van der Waals surface area contributed by atoms with Gasteiger partial charge in [-0.15, -0.1) is 0 Å². The van der Waals surface area contributed by atoms with E-state index < -0.39 is 0 Å². The summed E-state index contributed by atoms with van der Waals surface area (Å²) in [4.78, 5) is 10.4. The van der Waals surface area contributed by atoms with E-state index in [9.17, 15) is 4.79 Å². The van der Waals surface area contributed by atoms with Gasteiger partial charge in [-0.05, 0) is 6.92 Å². The van der Waals surface area contributed by atoms with Crippen molar-refractivity contribution in [1.82, 2.24) is 0 Å². The van der Waals surface area contributed by atoms with Gasteiger partial charge in [-0.2, -0.15) is 12.6 Å². The van der Waals surface area contributed by atoms with Crippen molar-refractivity contribution in [3.8, 4) is 0 Å². The van der Waals surface area contributed by atoms with Gasteiger partial charge in [-0.1, -0.05) is 6.92 Å². The maximum absolute atomic E-state index is 10.4. The van der Waals surface area contributed by atoms with Gasteiger partial charge in [-0.25, -0.2) is 0 Å². The van der Waals surface area contributed by atoms with E-state index in [4.69, 9.17) is 0 Å². The minimum absolute atomic E-state index is 0.0787. The smallest absolute Gasteiger partial charge is 0.144 e. The van der Waals surface area contributed by atoms with Crippen LogP contribution in [-0.2, 0) is 4.79 Å². The van der Waals surface area contributed by atoms with Crippen molar-refractivity contribution in [2.24, 2.45) is 0 Å². The number of hydrogen-bond donors (Lipinski definition) is 1. The fraction of sp³-hybridized carbons (Fsp3) is 0.800. The van der Waals surface area contributed by atoms with Crippen molar-refractivity contribution >= 4 is 18.4 Å². The number of Topliss-reactive ketones (excluding diaryl/α,β-unsaturated/α-hetero) is 1. The van der Waals surface area contributed by atoms with E-state index in [1.165, 1.54) is 0 Å². The van der Waals surface area contributed by atoms with Crippen molar-refractivity contribution in [3.63, 3.8) is 0 Å². The quantitative estimate of drug-likeness (QED) is 0.540. The van der Waals surface area contributed by atoms with Crippen LogP contribution in [0.1, 0.15) is 20.3 Å². The number of carbonyl (C=O) groups is 1. The minimum Gasteiger partial charge on any atom is -0.298 e. The molecule has 0 spiro atoms. The Labute approximate surface area is 49.5 Å². The standard InChI is InChI=1S/C5H10OS/c1-3-5(6)4(2)7/h4,7H,3H2,1-2H3/t4-/m0/s1. The summed E-state index contributed by atoms with van der Waals surface area (Å²) in [7, 11) is 0. The van der Waals surface area contributed by atoms with Gasteiger partial charge in [0.05, 0.1) is 5.25 Å². The molecule has 0 aliphatic rings. The molecule has 0 aromatic rings. The van der Waals surface area contributed by atoms with Gasteiger partial charge in [0, 0.05) is 6.42 Å². The number of carbonyl (C=O) groups excluding carboxylic acids is 1. The minimum atomic E-state index is -0.0787. The molecule has 0 aromatic heterocycles. The molecule has 0 N–H and O–H groups in total. The zero-order chi connectivity index (χ0) is 5.86. The van der Waals surface area contributed by atoms with Crippen molar-refractivity contribution in [1.29, 1.82) is 0 Å². The first-order chi connectivity index (χ1) is 3.18. The van der Waals surface area contributed by atoms with Crippen LogP contribution in [0.25, 0.3) is 0 Å². The molecule has 0 aliphatic carbocycles. The molecular weight excluding hydrogens is 108 g/mol. The van der Waals surface area contributed by atoms with Crippen molar-refractivity contribution in [3.05, 3.63) is 0 Å². The highest BCUT2D eigenvalue weighted by Gasteiger charge is 2.01. The van der Waals surface area contributed by atoms with E-state index in [2.05, 4.69) is 12.6 Å². The summed E-state index contributed by atoms with van der Waals surface area (Å²) < 4.78 is 0. The van der Waals surface area contributed by atoms with Gasteiger partial charge < -0.3 is 0 Å². The van der Waals surface area contributed by atoms with Crippen molar-refractivity contribution in [2.75, 3.05) is 0 Å². The first-order valence-electron chi connectivity index (χ1n) is 2.39. The third-order valence-corrected chi connectivity index (χ3v) is 1.10. The van der Waals surface area contributed by atoms with Crippen LogP contribution >= 0.6 is 12.6 Å². The lowest BCUT2D eigenvalue weighted by Gasteiger charge is -1.95. The Morgan fingerprint density at radius 2 is 2.29 bits per heavy atom. The molecule has 0 saturated carbocycles. The first kappa shape index (κ1) is 7.02. The Bertz CT molecular complexity index is 68.5. The second-order valence-corrected chi connectivity index (χ2v) is 2.27. The molecule has 0 aromatic carbocycles. The summed E-state index contributed by atoms with van der Waals surface area (Å²) in [6.45, 7) is 3.63. The van der Waals surface area contributed by atoms with Crippen LogP contribution < -0.4 is 0 Å². The van der Waals surface area contributed by atoms with Crippen molar-refractivity contribution < 1.29 is 4.79 Å². The van der Waals surface area contributed by atoms with E-state index in [0.29, 0.717) is 6.42 Å². The monoisotopic (exact) mass is 118 g/mol. The molecular formula is C5H10OS. The highest BCUT2D eigenvalue weighted by Crippen LogP contribution is 1.95. The molecule has 0 unspecified atom stereocenters. The summed E-state index contributed by atoms with van der Waals surface area (Å²) in [5.74, 6) is 0.211. The van der Waals surface area contributed by atoms with E-state index in [-0.39, 0.29) is 11.0 Å². The lowest BCUT2D eigenvalue weighted by Crippen LogP contribution is -2.07. The van der Waals surface area contributed by atoms with Crippen LogP contribution in [0.15, 0.2) is 0 Å². The van der Waals surface area contributed by atoms with Gasteiger partial charge in [-0.3, -0.25) is 4.79 Å². The van der Waals surface area contributed by atoms with Crippen LogP contribution in [-0.4, -0.2) is 11.0 Å². The Balaban J connectivity index is 3.35. The molecule has 0 aliphatic heterocycles. The van der Waals surface area contributed by atoms with E-state index >= 15 is 0 Å². The number of rotatable bonds is 2. The topological polar surface area (TPSA) is 17.1 Å². The van der Waals surface area contributed by atoms with Crippen molar-refractivity contribution in [2.45, 2.75) is 25.5 Å².